The van der Waals surface area contributed by atoms with Crippen molar-refractivity contribution >= 4 is 33.4 Å². The van der Waals surface area contributed by atoms with Gasteiger partial charge in [-0.3, -0.25) is 9.59 Å². The SMILES string of the molecule is CCCCC(SSC(CCCC)C(=O)NC[C@H](O)[C@@H](O)[C@H](O)[C@H](O)CO)C(=O)NC[C@H](O)[C@@H](O)[C@H](O)[C@H](O)CO. The Morgan fingerprint density at radius 1 is 0.575 bits per heavy atom. The van der Waals surface area contributed by atoms with Crippen molar-refractivity contribution < 1.29 is 60.7 Å². The molecule has 0 bridgehead atoms. The Balaban J connectivity index is 5.15. The third-order valence-electron chi connectivity index (χ3n) is 6.13. The molecule has 0 rings (SSSR count). The molecule has 0 spiro atoms. The van der Waals surface area contributed by atoms with E-state index in [0.29, 0.717) is 25.7 Å². The van der Waals surface area contributed by atoms with Gasteiger partial charge >= 0.3 is 0 Å². The van der Waals surface area contributed by atoms with Crippen LogP contribution < -0.4 is 10.6 Å². The van der Waals surface area contributed by atoms with Crippen LogP contribution in [0, 0.1) is 0 Å². The van der Waals surface area contributed by atoms with Gasteiger partial charge in [0.2, 0.25) is 11.8 Å². The van der Waals surface area contributed by atoms with Gasteiger partial charge in [-0.25, -0.2) is 0 Å². The lowest BCUT2D eigenvalue weighted by Crippen LogP contribution is -2.50. The summed E-state index contributed by atoms with van der Waals surface area (Å²) in [6, 6.07) is 0. The molecule has 10 atom stereocenters. The van der Waals surface area contributed by atoms with Crippen LogP contribution in [0.1, 0.15) is 52.4 Å². The summed E-state index contributed by atoms with van der Waals surface area (Å²) in [7, 11) is 2.30. The third kappa shape index (κ3) is 14.4. The van der Waals surface area contributed by atoms with E-state index in [-0.39, 0.29) is 0 Å². The van der Waals surface area contributed by atoms with Gasteiger partial charge in [0, 0.05) is 13.1 Å². The molecule has 0 saturated heterocycles. The molecule has 0 fully saturated rings. The molecular formula is C24H48N2O12S2. The van der Waals surface area contributed by atoms with E-state index in [1.165, 1.54) is 0 Å². The molecule has 40 heavy (non-hydrogen) atoms. The lowest BCUT2D eigenvalue weighted by atomic mass is 10.0. The maximum atomic E-state index is 12.9. The molecule has 2 amide bonds. The molecule has 0 aromatic heterocycles. The second-order valence-electron chi connectivity index (χ2n) is 9.54. The molecule has 16 heteroatoms. The second-order valence-corrected chi connectivity index (χ2v) is 12.2. The summed E-state index contributed by atoms with van der Waals surface area (Å²) in [6.45, 7) is 1.36. The van der Waals surface area contributed by atoms with Gasteiger partial charge in [0.05, 0.1) is 35.9 Å². The summed E-state index contributed by atoms with van der Waals surface area (Å²) in [6.07, 6.45) is -10.00. The highest BCUT2D eigenvalue weighted by Gasteiger charge is 2.33. The van der Waals surface area contributed by atoms with Crippen molar-refractivity contribution in [3.8, 4) is 0 Å². The maximum Gasteiger partial charge on any atom is 0.234 e. The molecule has 0 aromatic rings. The average molecular weight is 621 g/mol. The van der Waals surface area contributed by atoms with E-state index >= 15 is 0 Å². The minimum atomic E-state index is -1.82. The Hall–Kier alpha value is -0.760. The molecule has 0 aliphatic heterocycles. The van der Waals surface area contributed by atoms with Crippen LogP contribution in [0.5, 0.6) is 0 Å². The maximum absolute atomic E-state index is 12.9. The number of aliphatic hydroxyl groups excluding tert-OH is 10. The van der Waals surface area contributed by atoms with E-state index < -0.39 is 97.4 Å². The topological polar surface area (TPSA) is 260 Å². The second kappa shape index (κ2) is 21.9. The normalized spacial score (nSPS) is 19.4. The van der Waals surface area contributed by atoms with E-state index in [0.717, 1.165) is 34.4 Å². The Bertz CT molecular complexity index is 642. The Morgan fingerprint density at radius 3 is 1.15 bits per heavy atom. The zero-order chi connectivity index (χ0) is 30.8. The van der Waals surface area contributed by atoms with Gasteiger partial charge in [-0.1, -0.05) is 61.1 Å². The first kappa shape index (κ1) is 39.2. The molecule has 238 valence electrons. The van der Waals surface area contributed by atoms with Gasteiger partial charge in [0.25, 0.3) is 0 Å². The molecule has 0 aliphatic carbocycles. The number of carbonyl (C=O) groups excluding carboxylic acids is 2. The van der Waals surface area contributed by atoms with Gasteiger partial charge < -0.3 is 61.7 Å². The molecule has 0 aliphatic rings. The molecule has 0 radical (unpaired) electrons. The Labute approximate surface area is 242 Å². The fourth-order valence-corrected chi connectivity index (χ4v) is 6.41. The van der Waals surface area contributed by atoms with Crippen LogP contribution in [0.15, 0.2) is 0 Å². The van der Waals surface area contributed by atoms with E-state index in [1.54, 1.807) is 0 Å². The zero-order valence-corrected chi connectivity index (χ0v) is 24.6. The van der Waals surface area contributed by atoms with Crippen LogP contribution in [0.3, 0.4) is 0 Å². The van der Waals surface area contributed by atoms with Gasteiger partial charge in [-0.05, 0) is 12.8 Å². The lowest BCUT2D eigenvalue weighted by Gasteiger charge is -2.27. The van der Waals surface area contributed by atoms with E-state index in [1.807, 2.05) is 13.8 Å². The molecule has 14 nitrogen and oxygen atoms in total. The highest BCUT2D eigenvalue weighted by molar-refractivity contribution is 8.77. The first-order valence-corrected chi connectivity index (χ1v) is 15.7. The van der Waals surface area contributed by atoms with E-state index in [4.69, 9.17) is 10.2 Å². The van der Waals surface area contributed by atoms with E-state index in [9.17, 15) is 50.4 Å². The standard InChI is InChI=1S/C24H48N2O12S2/c1-3-5-7-17(23(37)25-9-13(29)19(33)21(35)15(31)11-27)39-40-18(8-6-4-2)24(38)26-10-14(30)20(34)22(36)16(32)12-28/h13-22,27-36H,3-12H2,1-2H3,(H,25,37)(H,26,38)/t13-,14-,15+,16+,17?,18?,19+,20+,21+,22+/m0/s1. The monoisotopic (exact) mass is 620 g/mol. The van der Waals surface area contributed by atoms with Gasteiger partial charge in [-0.15, -0.1) is 0 Å². The van der Waals surface area contributed by atoms with Crippen molar-refractivity contribution in [2.75, 3.05) is 26.3 Å². The van der Waals surface area contributed by atoms with Crippen LogP contribution in [-0.2, 0) is 9.59 Å². The summed E-state index contributed by atoms with van der Waals surface area (Å²) in [4.78, 5) is 25.7. The summed E-state index contributed by atoms with van der Waals surface area (Å²) in [5.41, 5.74) is 0. The molecule has 12 N–H and O–H groups in total. The zero-order valence-electron chi connectivity index (χ0n) is 22.9. The predicted molar refractivity (Wildman–Crippen MR) is 150 cm³/mol. The number of hydrogen-bond donors (Lipinski definition) is 12. The Kier molecular flexibility index (Phi) is 21.5. The van der Waals surface area contributed by atoms with Crippen LogP contribution in [-0.4, -0.2) is 149 Å². The largest absolute Gasteiger partial charge is 0.394 e. The van der Waals surface area contributed by atoms with Crippen LogP contribution in [0.4, 0.5) is 0 Å². The third-order valence-corrected chi connectivity index (χ3v) is 9.34. The highest BCUT2D eigenvalue weighted by atomic mass is 33.1. The van der Waals surface area contributed by atoms with Crippen molar-refractivity contribution in [1.82, 2.24) is 10.6 Å². The summed E-state index contributed by atoms with van der Waals surface area (Å²) in [5, 5.41) is 99.9. The smallest absolute Gasteiger partial charge is 0.234 e. The number of rotatable bonds is 23. The summed E-state index contributed by atoms with van der Waals surface area (Å²) in [5.74, 6) is -0.946. The average Bonchev–Trinajstić information content (AvgIpc) is 2.96. The fourth-order valence-electron chi connectivity index (χ4n) is 3.36. The Morgan fingerprint density at radius 2 is 0.875 bits per heavy atom. The van der Waals surface area contributed by atoms with Crippen LogP contribution >= 0.6 is 21.6 Å². The molecule has 2 unspecified atom stereocenters. The van der Waals surface area contributed by atoms with Crippen molar-refractivity contribution in [3.05, 3.63) is 0 Å². The lowest BCUT2D eigenvalue weighted by molar-refractivity contribution is -0.126. The van der Waals surface area contributed by atoms with E-state index in [2.05, 4.69) is 10.6 Å². The molecule has 0 aromatic carbocycles. The van der Waals surface area contributed by atoms with Gasteiger partial charge in [0.1, 0.15) is 36.6 Å². The van der Waals surface area contributed by atoms with Crippen LogP contribution in [0.2, 0.25) is 0 Å². The first-order valence-electron chi connectivity index (χ1n) is 13.4. The van der Waals surface area contributed by atoms with Crippen molar-refractivity contribution in [1.29, 1.82) is 0 Å². The van der Waals surface area contributed by atoms with Gasteiger partial charge in [-0.2, -0.15) is 0 Å². The van der Waals surface area contributed by atoms with Crippen molar-refractivity contribution in [2.24, 2.45) is 0 Å². The summed E-state index contributed by atoms with van der Waals surface area (Å²) >= 11 is 0. The highest BCUT2D eigenvalue weighted by Crippen LogP contribution is 2.36. The number of amides is 2. The number of nitrogens with one attached hydrogen (secondary N) is 2. The minimum Gasteiger partial charge on any atom is -0.394 e. The number of unbranched alkanes of at least 4 members (excludes halogenated alkanes) is 2. The number of aliphatic hydroxyl groups is 10. The van der Waals surface area contributed by atoms with Crippen molar-refractivity contribution in [2.45, 2.75) is 112 Å². The molecule has 0 saturated carbocycles. The number of hydrogen-bond acceptors (Lipinski definition) is 14. The quantitative estimate of drug-likeness (QED) is 0.0497. The van der Waals surface area contributed by atoms with Crippen LogP contribution in [0.25, 0.3) is 0 Å². The van der Waals surface area contributed by atoms with Gasteiger partial charge in [0.15, 0.2) is 0 Å². The van der Waals surface area contributed by atoms with Crippen molar-refractivity contribution in [3.63, 3.8) is 0 Å². The number of carbonyl (C=O) groups is 2. The predicted octanol–water partition coefficient (Wildman–Crippen LogP) is -3.41. The summed E-state index contributed by atoms with van der Waals surface area (Å²) < 4.78 is 0. The molecule has 0 heterocycles. The minimum absolute atomic E-state index is 0.431. The molecular weight excluding hydrogens is 572 g/mol. The fraction of sp³-hybridized carbons (Fsp3) is 0.917. The first-order chi connectivity index (χ1) is 18.9.